The minimum atomic E-state index is -0.399. The van der Waals surface area contributed by atoms with Crippen molar-refractivity contribution in [1.82, 2.24) is 14.9 Å². The van der Waals surface area contributed by atoms with Crippen molar-refractivity contribution >= 4 is 18.4 Å². The molecule has 1 aromatic heterocycles. The van der Waals surface area contributed by atoms with Crippen molar-refractivity contribution in [2.45, 2.75) is 6.92 Å². The van der Waals surface area contributed by atoms with Gasteiger partial charge in [-0.05, 0) is 25.2 Å². The summed E-state index contributed by atoms with van der Waals surface area (Å²) in [5, 5.41) is 10.4. The number of H-pyrrole nitrogens is 1. The molecule has 0 aliphatic heterocycles. The molecule has 122 valence electrons. The van der Waals surface area contributed by atoms with Gasteiger partial charge < -0.3 is 14.2 Å². The Kier molecular flexibility index (Phi) is 5.12. The predicted octanol–water partition coefficient (Wildman–Crippen LogP) is 1.52. The molecule has 9 heteroatoms. The Morgan fingerprint density at radius 3 is 2.39 bits per heavy atom. The largest absolute Gasteiger partial charge is 0.496 e. The molecule has 0 radical (unpaired) electrons. The number of benzene rings is 1. The van der Waals surface area contributed by atoms with E-state index in [4.69, 9.17) is 26.4 Å². The van der Waals surface area contributed by atoms with Crippen molar-refractivity contribution in [3.05, 3.63) is 38.5 Å². The van der Waals surface area contributed by atoms with E-state index in [-0.39, 0.29) is 10.5 Å². The average Bonchev–Trinajstić information content (AvgIpc) is 2.57. The van der Waals surface area contributed by atoms with E-state index in [9.17, 15) is 4.79 Å². The van der Waals surface area contributed by atoms with Gasteiger partial charge in [0.1, 0.15) is 11.4 Å². The second-order valence-corrected chi connectivity index (χ2v) is 4.81. The number of aromatic amines is 1. The third kappa shape index (κ3) is 3.39. The van der Waals surface area contributed by atoms with Gasteiger partial charge in [-0.2, -0.15) is 14.9 Å². The number of hydrogen-bond acceptors (Lipinski definition) is 7. The third-order valence-corrected chi connectivity index (χ3v) is 3.33. The van der Waals surface area contributed by atoms with E-state index in [1.54, 1.807) is 19.1 Å². The Morgan fingerprint density at radius 2 is 1.78 bits per heavy atom. The molecule has 0 fully saturated rings. The summed E-state index contributed by atoms with van der Waals surface area (Å²) in [5.41, 5.74) is 0.459. The van der Waals surface area contributed by atoms with Gasteiger partial charge in [0.25, 0.3) is 5.56 Å². The summed E-state index contributed by atoms with van der Waals surface area (Å²) in [6, 6.07) is 3.36. The fourth-order valence-corrected chi connectivity index (χ4v) is 2.03. The van der Waals surface area contributed by atoms with Crippen LogP contribution in [0.2, 0.25) is 0 Å². The number of hydrogen-bond donors (Lipinski definition) is 1. The van der Waals surface area contributed by atoms with E-state index in [0.29, 0.717) is 22.8 Å². The molecular weight excluding hydrogens is 320 g/mol. The van der Waals surface area contributed by atoms with Gasteiger partial charge in [0.05, 0.1) is 27.5 Å². The molecule has 0 atom stereocenters. The van der Waals surface area contributed by atoms with Crippen molar-refractivity contribution < 1.29 is 14.2 Å². The predicted molar refractivity (Wildman–Crippen MR) is 87.5 cm³/mol. The maximum absolute atomic E-state index is 12.0. The first-order chi connectivity index (χ1) is 11.0. The molecule has 8 nitrogen and oxygen atoms in total. The van der Waals surface area contributed by atoms with Crippen molar-refractivity contribution in [2.24, 2.45) is 5.10 Å². The van der Waals surface area contributed by atoms with Gasteiger partial charge in [-0.1, -0.05) is 0 Å². The summed E-state index contributed by atoms with van der Waals surface area (Å²) in [7, 11) is 4.58. The maximum Gasteiger partial charge on any atom is 0.296 e. The molecule has 0 aliphatic carbocycles. The Hall–Kier alpha value is -2.68. The molecule has 0 spiro atoms. The van der Waals surface area contributed by atoms with Crippen molar-refractivity contribution in [3.63, 3.8) is 0 Å². The van der Waals surface area contributed by atoms with Crippen molar-refractivity contribution in [2.75, 3.05) is 21.3 Å². The zero-order valence-electron chi connectivity index (χ0n) is 13.1. The first-order valence-electron chi connectivity index (χ1n) is 6.54. The molecule has 0 unspecified atom stereocenters. The molecule has 1 N–H and O–H groups in total. The van der Waals surface area contributed by atoms with E-state index in [0.717, 1.165) is 4.68 Å². The lowest BCUT2D eigenvalue weighted by atomic mass is 10.2. The SMILES string of the molecule is COc1cc(OC)c(OC)cc1/C=N/n1c(=S)[nH]nc(C)c1=O. The Balaban J connectivity index is 2.54. The summed E-state index contributed by atoms with van der Waals surface area (Å²) >= 11 is 5.02. The van der Waals surface area contributed by atoms with Crippen LogP contribution in [0.4, 0.5) is 0 Å². The number of methoxy groups -OCH3 is 3. The smallest absolute Gasteiger partial charge is 0.296 e. The summed E-state index contributed by atoms with van der Waals surface area (Å²) in [5.74, 6) is 1.55. The topological polar surface area (TPSA) is 90.7 Å². The number of nitrogens with zero attached hydrogens (tertiary/aromatic N) is 3. The highest BCUT2D eigenvalue weighted by Crippen LogP contribution is 2.33. The van der Waals surface area contributed by atoms with E-state index in [2.05, 4.69) is 15.3 Å². The van der Waals surface area contributed by atoms with Crippen LogP contribution in [0.25, 0.3) is 0 Å². The lowest BCUT2D eigenvalue weighted by Crippen LogP contribution is -2.22. The minimum Gasteiger partial charge on any atom is -0.496 e. The summed E-state index contributed by atoms with van der Waals surface area (Å²) in [6.07, 6.45) is 1.45. The van der Waals surface area contributed by atoms with Crippen LogP contribution in [0.1, 0.15) is 11.3 Å². The lowest BCUT2D eigenvalue weighted by Gasteiger charge is -2.11. The number of rotatable bonds is 5. The fraction of sp³-hybridized carbons (Fsp3) is 0.286. The molecule has 0 bridgehead atoms. The zero-order valence-corrected chi connectivity index (χ0v) is 13.9. The van der Waals surface area contributed by atoms with Crippen LogP contribution in [0.15, 0.2) is 22.0 Å². The van der Waals surface area contributed by atoms with Gasteiger partial charge in [0.15, 0.2) is 11.5 Å². The van der Waals surface area contributed by atoms with Gasteiger partial charge in [-0.25, -0.2) is 0 Å². The van der Waals surface area contributed by atoms with E-state index >= 15 is 0 Å². The highest BCUT2D eigenvalue weighted by atomic mass is 32.1. The molecule has 2 aromatic rings. The molecule has 1 aromatic carbocycles. The standard InChI is InChI=1S/C14H16N4O4S/c1-8-13(19)18(14(23)17-16-8)15-7-9-5-11(21-3)12(22-4)6-10(9)20-2/h5-7H,1-4H3,(H,17,23)/b15-7+. The molecule has 0 aliphatic rings. The molecule has 0 saturated heterocycles. The summed E-state index contributed by atoms with van der Waals surface area (Å²) in [6.45, 7) is 1.57. The molecule has 2 rings (SSSR count). The molecule has 23 heavy (non-hydrogen) atoms. The number of ether oxygens (including phenoxy) is 3. The van der Waals surface area contributed by atoms with E-state index in [1.807, 2.05) is 0 Å². The molecular formula is C14H16N4O4S. The zero-order chi connectivity index (χ0) is 17.0. The highest BCUT2D eigenvalue weighted by molar-refractivity contribution is 7.71. The third-order valence-electron chi connectivity index (χ3n) is 3.06. The normalized spacial score (nSPS) is 10.8. The van der Waals surface area contributed by atoms with Gasteiger partial charge in [-0.3, -0.25) is 9.89 Å². The maximum atomic E-state index is 12.0. The van der Waals surface area contributed by atoms with Crippen LogP contribution in [0.3, 0.4) is 0 Å². The van der Waals surface area contributed by atoms with Crippen LogP contribution in [0.5, 0.6) is 17.2 Å². The second kappa shape index (κ2) is 7.05. The fourth-order valence-electron chi connectivity index (χ4n) is 1.85. The first kappa shape index (κ1) is 16.7. The lowest BCUT2D eigenvalue weighted by molar-refractivity contribution is 0.349. The van der Waals surface area contributed by atoms with Crippen LogP contribution in [-0.4, -0.2) is 42.4 Å². The monoisotopic (exact) mass is 336 g/mol. The average molecular weight is 336 g/mol. The number of aryl methyl sites for hydroxylation is 1. The first-order valence-corrected chi connectivity index (χ1v) is 6.95. The molecule has 1 heterocycles. The molecule has 0 amide bonds. The van der Waals surface area contributed by atoms with Crippen LogP contribution in [-0.2, 0) is 0 Å². The van der Waals surface area contributed by atoms with Crippen LogP contribution >= 0.6 is 12.2 Å². The summed E-state index contributed by atoms with van der Waals surface area (Å²) < 4.78 is 16.9. The van der Waals surface area contributed by atoms with Crippen LogP contribution < -0.4 is 19.8 Å². The number of aromatic nitrogens is 3. The second-order valence-electron chi connectivity index (χ2n) is 4.42. The Morgan fingerprint density at radius 1 is 1.17 bits per heavy atom. The molecule has 0 saturated carbocycles. The van der Waals surface area contributed by atoms with Gasteiger partial charge in [0, 0.05) is 11.6 Å². The van der Waals surface area contributed by atoms with Gasteiger partial charge in [-0.15, -0.1) is 0 Å². The van der Waals surface area contributed by atoms with Crippen LogP contribution in [0, 0.1) is 11.7 Å². The highest BCUT2D eigenvalue weighted by Gasteiger charge is 2.11. The van der Waals surface area contributed by atoms with E-state index < -0.39 is 5.56 Å². The summed E-state index contributed by atoms with van der Waals surface area (Å²) in [4.78, 5) is 12.0. The minimum absolute atomic E-state index is 0.0938. The van der Waals surface area contributed by atoms with E-state index in [1.165, 1.54) is 27.5 Å². The quantitative estimate of drug-likeness (QED) is 0.657. The van der Waals surface area contributed by atoms with Gasteiger partial charge in [0.2, 0.25) is 4.77 Å². The number of nitrogens with one attached hydrogen (secondary N) is 1. The van der Waals surface area contributed by atoms with Gasteiger partial charge >= 0.3 is 0 Å². The Bertz CT molecular complexity index is 857. The van der Waals surface area contributed by atoms with Crippen molar-refractivity contribution in [3.8, 4) is 17.2 Å². The Labute approximate surface area is 137 Å². The van der Waals surface area contributed by atoms with Crippen molar-refractivity contribution in [1.29, 1.82) is 0 Å².